The van der Waals surface area contributed by atoms with Crippen LogP contribution in [0.2, 0.25) is 5.15 Å². The molecule has 7 heteroatoms. The van der Waals surface area contributed by atoms with Gasteiger partial charge in [-0.2, -0.15) is 0 Å². The highest BCUT2D eigenvalue weighted by atomic mass is 35.5. The van der Waals surface area contributed by atoms with Gasteiger partial charge in [0.1, 0.15) is 5.82 Å². The summed E-state index contributed by atoms with van der Waals surface area (Å²) in [6, 6.07) is 0. The van der Waals surface area contributed by atoms with Crippen molar-refractivity contribution >= 4 is 11.6 Å². The maximum atomic E-state index is 9.20. The van der Waals surface area contributed by atoms with Crippen molar-refractivity contribution in [3.8, 4) is 0 Å². The van der Waals surface area contributed by atoms with E-state index in [1.807, 2.05) is 0 Å². The van der Waals surface area contributed by atoms with Crippen LogP contribution >= 0.6 is 11.6 Å². The summed E-state index contributed by atoms with van der Waals surface area (Å²) >= 11 is 6.01. The molecule has 0 aliphatic rings. The van der Waals surface area contributed by atoms with Crippen LogP contribution in [0.4, 0.5) is 0 Å². The first-order valence-electron chi connectivity index (χ1n) is 6.41. The third kappa shape index (κ3) is 4.43. The van der Waals surface area contributed by atoms with Crippen LogP contribution in [0.15, 0.2) is 0 Å². The second-order valence-electron chi connectivity index (χ2n) is 4.66. The van der Waals surface area contributed by atoms with Crippen LogP contribution in [0.3, 0.4) is 0 Å². The van der Waals surface area contributed by atoms with Crippen molar-refractivity contribution < 1.29 is 15.3 Å². The van der Waals surface area contributed by atoms with Gasteiger partial charge in [-0.1, -0.05) is 24.9 Å². The monoisotopic (exact) mass is 291 g/mol. The molecule has 19 heavy (non-hydrogen) atoms. The fourth-order valence-corrected chi connectivity index (χ4v) is 1.83. The number of aryl methyl sites for hydroxylation is 1. The number of hydrogen-bond donors (Lipinski definition) is 5. The van der Waals surface area contributed by atoms with Crippen LogP contribution in [0.1, 0.15) is 31.3 Å². The minimum absolute atomic E-state index is 0.291. The molecule has 0 aromatic carbocycles. The molecule has 0 radical (unpaired) electrons. The number of aliphatic hydroxyl groups is 3. The average molecular weight is 292 g/mol. The quantitative estimate of drug-likeness (QED) is 0.448. The first kappa shape index (κ1) is 16.4. The van der Waals surface area contributed by atoms with Crippen LogP contribution in [0.25, 0.3) is 0 Å². The van der Waals surface area contributed by atoms with Gasteiger partial charge in [0.05, 0.1) is 31.1 Å². The standard InChI is InChI=1S/C12H22ClN3O3/c1-2-3-4-10-15-9(11(13)16-10)5-14-12(6-17,7-18)8-19/h14,17-19H,2-8H2,1H3,(H,15,16). The van der Waals surface area contributed by atoms with Crippen molar-refractivity contribution in [3.63, 3.8) is 0 Å². The van der Waals surface area contributed by atoms with Gasteiger partial charge in [0.25, 0.3) is 0 Å². The largest absolute Gasteiger partial charge is 0.394 e. The lowest BCUT2D eigenvalue weighted by Gasteiger charge is -2.28. The molecule has 0 aliphatic heterocycles. The van der Waals surface area contributed by atoms with E-state index >= 15 is 0 Å². The van der Waals surface area contributed by atoms with Gasteiger partial charge in [0.2, 0.25) is 0 Å². The summed E-state index contributed by atoms with van der Waals surface area (Å²) in [6.07, 6.45) is 2.94. The Morgan fingerprint density at radius 3 is 2.42 bits per heavy atom. The summed E-state index contributed by atoms with van der Waals surface area (Å²) in [5.74, 6) is 0.825. The number of nitrogens with one attached hydrogen (secondary N) is 2. The lowest BCUT2D eigenvalue weighted by atomic mass is 10.0. The molecule has 0 atom stereocenters. The number of H-pyrrole nitrogens is 1. The van der Waals surface area contributed by atoms with Gasteiger partial charge in [-0.15, -0.1) is 0 Å². The summed E-state index contributed by atoms with van der Waals surface area (Å²) < 4.78 is 0. The van der Waals surface area contributed by atoms with E-state index in [0.717, 1.165) is 25.1 Å². The highest BCUT2D eigenvalue weighted by molar-refractivity contribution is 6.30. The lowest BCUT2D eigenvalue weighted by Crippen LogP contribution is -2.54. The number of halogens is 1. The van der Waals surface area contributed by atoms with E-state index in [1.165, 1.54) is 0 Å². The van der Waals surface area contributed by atoms with E-state index in [2.05, 4.69) is 22.2 Å². The van der Waals surface area contributed by atoms with Crippen molar-refractivity contribution in [2.75, 3.05) is 19.8 Å². The SMILES string of the molecule is CCCCc1nc(Cl)c(CNC(CO)(CO)CO)[nH]1. The molecular weight excluding hydrogens is 270 g/mol. The number of aromatic amines is 1. The first-order valence-corrected chi connectivity index (χ1v) is 6.79. The summed E-state index contributed by atoms with van der Waals surface area (Å²) in [5.41, 5.74) is -0.426. The topological polar surface area (TPSA) is 101 Å². The van der Waals surface area contributed by atoms with Crippen LogP contribution in [0, 0.1) is 0 Å². The first-order chi connectivity index (χ1) is 9.10. The van der Waals surface area contributed by atoms with Gasteiger partial charge in [0.15, 0.2) is 5.15 Å². The van der Waals surface area contributed by atoms with Crippen molar-refractivity contribution in [1.29, 1.82) is 0 Å². The van der Waals surface area contributed by atoms with E-state index in [9.17, 15) is 15.3 Å². The molecule has 5 N–H and O–H groups in total. The molecule has 0 spiro atoms. The molecule has 6 nitrogen and oxygen atoms in total. The normalized spacial score (nSPS) is 12.1. The predicted octanol–water partition coefficient (Wildman–Crippen LogP) is 0.211. The molecule has 1 aromatic heterocycles. The van der Waals surface area contributed by atoms with E-state index in [-0.39, 0.29) is 19.8 Å². The second kappa shape index (κ2) is 7.81. The molecule has 110 valence electrons. The third-order valence-electron chi connectivity index (χ3n) is 3.09. The van der Waals surface area contributed by atoms with Gasteiger partial charge < -0.3 is 20.3 Å². The summed E-state index contributed by atoms with van der Waals surface area (Å²) in [7, 11) is 0. The Labute approximate surface area is 117 Å². The molecule has 1 rings (SSSR count). The number of unbranched alkanes of at least 4 members (excludes halogenated alkanes) is 1. The van der Waals surface area contributed by atoms with Gasteiger partial charge in [-0.3, -0.25) is 5.32 Å². The van der Waals surface area contributed by atoms with E-state index in [0.29, 0.717) is 17.4 Å². The highest BCUT2D eigenvalue weighted by Gasteiger charge is 2.27. The van der Waals surface area contributed by atoms with Crippen molar-refractivity contribution in [2.45, 2.75) is 38.3 Å². The minimum atomic E-state index is -1.11. The Balaban J connectivity index is 2.64. The maximum absolute atomic E-state index is 9.20. The molecule has 0 amide bonds. The number of aliphatic hydroxyl groups excluding tert-OH is 3. The van der Waals surface area contributed by atoms with E-state index in [4.69, 9.17) is 11.6 Å². The minimum Gasteiger partial charge on any atom is -0.394 e. The molecular formula is C12H22ClN3O3. The van der Waals surface area contributed by atoms with Crippen LogP contribution in [-0.4, -0.2) is 50.6 Å². The Hall–Kier alpha value is -0.660. The number of hydrogen-bond acceptors (Lipinski definition) is 5. The highest BCUT2D eigenvalue weighted by Crippen LogP contribution is 2.15. The van der Waals surface area contributed by atoms with E-state index < -0.39 is 5.54 Å². The van der Waals surface area contributed by atoms with Gasteiger partial charge in [-0.25, -0.2) is 4.98 Å². The fourth-order valence-electron chi connectivity index (χ4n) is 1.61. The fraction of sp³-hybridized carbons (Fsp3) is 0.750. The van der Waals surface area contributed by atoms with Crippen LogP contribution < -0.4 is 5.32 Å². The molecule has 1 aromatic rings. The Morgan fingerprint density at radius 2 is 1.89 bits per heavy atom. The number of imidazole rings is 1. The lowest BCUT2D eigenvalue weighted by molar-refractivity contribution is 0.0412. The molecule has 0 bridgehead atoms. The Kier molecular flexibility index (Phi) is 6.74. The van der Waals surface area contributed by atoms with Gasteiger partial charge in [0, 0.05) is 13.0 Å². The predicted molar refractivity (Wildman–Crippen MR) is 73.0 cm³/mol. The zero-order chi connectivity index (χ0) is 14.3. The molecule has 1 heterocycles. The third-order valence-corrected chi connectivity index (χ3v) is 3.41. The molecule has 0 saturated carbocycles. The van der Waals surface area contributed by atoms with Crippen LogP contribution in [0.5, 0.6) is 0 Å². The van der Waals surface area contributed by atoms with Crippen molar-refractivity contribution in [2.24, 2.45) is 0 Å². The Morgan fingerprint density at radius 1 is 1.26 bits per heavy atom. The summed E-state index contributed by atoms with van der Waals surface area (Å²) in [5, 5.41) is 30.9. The molecule has 0 saturated heterocycles. The summed E-state index contributed by atoms with van der Waals surface area (Å²) in [4.78, 5) is 7.32. The van der Waals surface area contributed by atoms with Gasteiger partial charge >= 0.3 is 0 Å². The Bertz CT molecular complexity index is 372. The zero-order valence-electron chi connectivity index (χ0n) is 11.1. The van der Waals surface area contributed by atoms with Crippen molar-refractivity contribution in [3.05, 3.63) is 16.7 Å². The van der Waals surface area contributed by atoms with Crippen molar-refractivity contribution in [1.82, 2.24) is 15.3 Å². The van der Waals surface area contributed by atoms with Gasteiger partial charge in [-0.05, 0) is 6.42 Å². The molecule has 0 unspecified atom stereocenters. The number of aromatic nitrogens is 2. The zero-order valence-corrected chi connectivity index (χ0v) is 11.9. The number of rotatable bonds is 9. The smallest absolute Gasteiger partial charge is 0.151 e. The van der Waals surface area contributed by atoms with E-state index in [1.54, 1.807) is 0 Å². The number of nitrogens with zero attached hydrogens (tertiary/aromatic N) is 1. The maximum Gasteiger partial charge on any atom is 0.151 e. The summed E-state index contributed by atoms with van der Waals surface area (Å²) in [6.45, 7) is 1.29. The average Bonchev–Trinajstić information content (AvgIpc) is 2.79. The second-order valence-corrected chi connectivity index (χ2v) is 5.02. The van der Waals surface area contributed by atoms with Crippen LogP contribution in [-0.2, 0) is 13.0 Å². The molecule has 0 fully saturated rings. The molecule has 0 aliphatic carbocycles.